The summed E-state index contributed by atoms with van der Waals surface area (Å²) in [5, 5.41) is 19.9. The molecular weight excluding hydrogens is 226 g/mol. The molecular formula is C15H23NO2. The second-order valence-electron chi connectivity index (χ2n) is 5.17. The summed E-state index contributed by atoms with van der Waals surface area (Å²) in [6, 6.07) is 10.0. The molecule has 0 radical (unpaired) electrons. The SMILES string of the molecule is C[C@@H](C(O)c1ccccc1)N1CCCC[C@@H]1CO. The van der Waals surface area contributed by atoms with Crippen LogP contribution in [0.5, 0.6) is 0 Å². The molecule has 18 heavy (non-hydrogen) atoms. The number of hydrogen-bond acceptors (Lipinski definition) is 3. The van der Waals surface area contributed by atoms with Crippen molar-refractivity contribution in [2.75, 3.05) is 13.2 Å². The first-order valence-electron chi connectivity index (χ1n) is 6.83. The quantitative estimate of drug-likeness (QED) is 0.857. The lowest BCUT2D eigenvalue weighted by Gasteiger charge is -2.40. The Labute approximate surface area is 109 Å². The first-order valence-corrected chi connectivity index (χ1v) is 6.83. The molecule has 1 aromatic rings. The molecule has 1 unspecified atom stereocenters. The minimum atomic E-state index is -0.488. The lowest BCUT2D eigenvalue weighted by atomic mass is 9.96. The van der Waals surface area contributed by atoms with E-state index in [4.69, 9.17) is 0 Å². The molecule has 3 atom stereocenters. The lowest BCUT2D eigenvalue weighted by Crippen LogP contribution is -2.49. The second-order valence-corrected chi connectivity index (χ2v) is 5.17. The van der Waals surface area contributed by atoms with Crippen molar-refractivity contribution in [2.45, 2.75) is 44.4 Å². The van der Waals surface area contributed by atoms with Gasteiger partial charge in [-0.3, -0.25) is 4.90 Å². The van der Waals surface area contributed by atoms with Gasteiger partial charge in [0.25, 0.3) is 0 Å². The van der Waals surface area contributed by atoms with E-state index in [0.717, 1.165) is 24.9 Å². The minimum absolute atomic E-state index is 0.0462. The van der Waals surface area contributed by atoms with E-state index in [-0.39, 0.29) is 18.7 Å². The van der Waals surface area contributed by atoms with Gasteiger partial charge in [-0.05, 0) is 31.9 Å². The van der Waals surface area contributed by atoms with E-state index in [0.29, 0.717) is 0 Å². The predicted octanol–water partition coefficient (Wildman–Crippen LogP) is 1.96. The average molecular weight is 249 g/mol. The van der Waals surface area contributed by atoms with Crippen molar-refractivity contribution in [3.63, 3.8) is 0 Å². The molecule has 0 saturated carbocycles. The molecule has 0 aromatic heterocycles. The Balaban J connectivity index is 2.07. The van der Waals surface area contributed by atoms with Crippen molar-refractivity contribution in [2.24, 2.45) is 0 Å². The Morgan fingerprint density at radius 2 is 2.00 bits per heavy atom. The number of hydrogen-bond donors (Lipinski definition) is 2. The Hall–Kier alpha value is -0.900. The molecule has 100 valence electrons. The van der Waals surface area contributed by atoms with Crippen molar-refractivity contribution in [3.8, 4) is 0 Å². The van der Waals surface area contributed by atoms with Gasteiger partial charge in [-0.1, -0.05) is 36.8 Å². The van der Waals surface area contributed by atoms with E-state index in [1.165, 1.54) is 6.42 Å². The zero-order valence-electron chi connectivity index (χ0n) is 11.0. The van der Waals surface area contributed by atoms with Gasteiger partial charge in [-0.25, -0.2) is 0 Å². The largest absolute Gasteiger partial charge is 0.395 e. The highest BCUT2D eigenvalue weighted by Crippen LogP contribution is 2.26. The molecule has 1 aromatic carbocycles. The van der Waals surface area contributed by atoms with Gasteiger partial charge in [0.15, 0.2) is 0 Å². The van der Waals surface area contributed by atoms with E-state index in [1.54, 1.807) is 0 Å². The van der Waals surface area contributed by atoms with Crippen LogP contribution in [0.15, 0.2) is 30.3 Å². The average Bonchev–Trinajstić information content (AvgIpc) is 2.46. The topological polar surface area (TPSA) is 43.7 Å². The van der Waals surface area contributed by atoms with Gasteiger partial charge < -0.3 is 10.2 Å². The molecule has 0 aliphatic carbocycles. The predicted molar refractivity (Wildman–Crippen MR) is 72.3 cm³/mol. The summed E-state index contributed by atoms with van der Waals surface area (Å²) in [4.78, 5) is 2.25. The highest BCUT2D eigenvalue weighted by atomic mass is 16.3. The third kappa shape index (κ3) is 2.91. The second kappa shape index (κ2) is 6.32. The van der Waals surface area contributed by atoms with Crippen molar-refractivity contribution in [3.05, 3.63) is 35.9 Å². The third-order valence-corrected chi connectivity index (χ3v) is 4.00. The van der Waals surface area contributed by atoms with Crippen LogP contribution in [0.25, 0.3) is 0 Å². The highest BCUT2D eigenvalue weighted by Gasteiger charge is 2.30. The summed E-state index contributed by atoms with van der Waals surface area (Å²) >= 11 is 0. The molecule has 1 aliphatic heterocycles. The van der Waals surface area contributed by atoms with Crippen molar-refractivity contribution in [1.82, 2.24) is 4.90 Å². The van der Waals surface area contributed by atoms with E-state index in [2.05, 4.69) is 4.90 Å². The Morgan fingerprint density at radius 1 is 1.28 bits per heavy atom. The fourth-order valence-electron chi connectivity index (χ4n) is 2.87. The molecule has 3 heteroatoms. The molecule has 2 N–H and O–H groups in total. The van der Waals surface area contributed by atoms with Gasteiger partial charge in [0.05, 0.1) is 12.7 Å². The lowest BCUT2D eigenvalue weighted by molar-refractivity contribution is -0.00273. The van der Waals surface area contributed by atoms with Crippen molar-refractivity contribution < 1.29 is 10.2 Å². The van der Waals surface area contributed by atoms with E-state index in [9.17, 15) is 10.2 Å². The number of rotatable bonds is 4. The van der Waals surface area contributed by atoms with Crippen LogP contribution in [-0.2, 0) is 0 Å². The smallest absolute Gasteiger partial charge is 0.0942 e. The third-order valence-electron chi connectivity index (χ3n) is 4.00. The minimum Gasteiger partial charge on any atom is -0.395 e. The molecule has 1 aliphatic rings. The maximum Gasteiger partial charge on any atom is 0.0942 e. The number of piperidine rings is 1. The van der Waals surface area contributed by atoms with Crippen LogP contribution in [0.4, 0.5) is 0 Å². The molecule has 2 rings (SSSR count). The number of likely N-dealkylation sites (tertiary alicyclic amines) is 1. The maximum absolute atomic E-state index is 10.4. The maximum atomic E-state index is 10.4. The van der Waals surface area contributed by atoms with Crippen molar-refractivity contribution >= 4 is 0 Å². The molecule has 1 heterocycles. The van der Waals surface area contributed by atoms with Gasteiger partial charge >= 0.3 is 0 Å². The highest BCUT2D eigenvalue weighted by molar-refractivity contribution is 5.18. The van der Waals surface area contributed by atoms with Crippen LogP contribution in [-0.4, -0.2) is 40.3 Å². The monoisotopic (exact) mass is 249 g/mol. The van der Waals surface area contributed by atoms with Gasteiger partial charge in [-0.15, -0.1) is 0 Å². The van der Waals surface area contributed by atoms with Crippen LogP contribution in [0.3, 0.4) is 0 Å². The molecule has 1 saturated heterocycles. The van der Waals surface area contributed by atoms with Crippen LogP contribution < -0.4 is 0 Å². The first kappa shape index (κ1) is 13.5. The summed E-state index contributed by atoms with van der Waals surface area (Å²) in [5.41, 5.74) is 0.951. The summed E-state index contributed by atoms with van der Waals surface area (Å²) in [6.07, 6.45) is 2.87. The Bertz CT molecular complexity index is 355. The van der Waals surface area contributed by atoms with Gasteiger partial charge in [0.1, 0.15) is 0 Å². The molecule has 1 fully saturated rings. The van der Waals surface area contributed by atoms with Crippen LogP contribution in [0.2, 0.25) is 0 Å². The molecule has 0 spiro atoms. The fraction of sp³-hybridized carbons (Fsp3) is 0.600. The number of benzene rings is 1. The van der Waals surface area contributed by atoms with Crippen molar-refractivity contribution in [1.29, 1.82) is 0 Å². The van der Waals surface area contributed by atoms with E-state index in [1.807, 2.05) is 37.3 Å². The molecule has 0 bridgehead atoms. The molecule has 0 amide bonds. The standard InChI is InChI=1S/C15H23NO2/c1-12(15(18)13-7-3-2-4-8-13)16-10-6-5-9-14(16)11-17/h2-4,7-8,12,14-15,17-18H,5-6,9-11H2,1H3/t12-,14+,15?/m0/s1. The summed E-state index contributed by atoms with van der Waals surface area (Å²) in [7, 11) is 0. The number of aliphatic hydroxyl groups excluding tert-OH is 2. The Morgan fingerprint density at radius 3 is 2.67 bits per heavy atom. The van der Waals surface area contributed by atoms with Crippen LogP contribution in [0, 0.1) is 0 Å². The Kier molecular flexibility index (Phi) is 4.75. The number of aliphatic hydroxyl groups is 2. The normalized spacial score (nSPS) is 24.7. The first-order chi connectivity index (χ1) is 8.74. The van der Waals surface area contributed by atoms with Crippen LogP contribution in [0.1, 0.15) is 37.9 Å². The summed E-state index contributed by atoms with van der Waals surface area (Å²) in [5.74, 6) is 0. The summed E-state index contributed by atoms with van der Waals surface area (Å²) < 4.78 is 0. The number of nitrogens with zero attached hydrogens (tertiary/aromatic N) is 1. The van der Waals surface area contributed by atoms with E-state index < -0.39 is 6.10 Å². The molecule has 3 nitrogen and oxygen atoms in total. The summed E-state index contributed by atoms with van der Waals surface area (Å²) in [6.45, 7) is 3.20. The zero-order valence-corrected chi connectivity index (χ0v) is 11.0. The van der Waals surface area contributed by atoms with Gasteiger partial charge in [-0.2, -0.15) is 0 Å². The zero-order chi connectivity index (χ0) is 13.0. The van der Waals surface area contributed by atoms with E-state index >= 15 is 0 Å². The van der Waals surface area contributed by atoms with Crippen LogP contribution >= 0.6 is 0 Å². The van der Waals surface area contributed by atoms with Gasteiger partial charge in [0.2, 0.25) is 0 Å². The fourth-order valence-corrected chi connectivity index (χ4v) is 2.87. The van der Waals surface area contributed by atoms with Gasteiger partial charge in [0, 0.05) is 12.1 Å².